The highest BCUT2D eigenvalue weighted by Crippen LogP contribution is 2.50. The van der Waals surface area contributed by atoms with Gasteiger partial charge in [-0.2, -0.15) is 0 Å². The van der Waals surface area contributed by atoms with Crippen LogP contribution in [0, 0.1) is 5.92 Å². The lowest BCUT2D eigenvalue weighted by Crippen LogP contribution is -2.59. The van der Waals surface area contributed by atoms with Gasteiger partial charge in [-0.25, -0.2) is 0 Å². The van der Waals surface area contributed by atoms with E-state index in [9.17, 15) is 10.3 Å². The van der Waals surface area contributed by atoms with E-state index in [1.54, 1.807) is 0 Å². The van der Waals surface area contributed by atoms with Crippen LogP contribution in [-0.2, 0) is 14.7 Å². The van der Waals surface area contributed by atoms with E-state index >= 15 is 0 Å². The van der Waals surface area contributed by atoms with E-state index in [0.29, 0.717) is 12.8 Å². The van der Waals surface area contributed by atoms with E-state index in [4.69, 9.17) is 9.47 Å². The molecule has 0 amide bonds. The van der Waals surface area contributed by atoms with E-state index in [1.807, 2.05) is 34.6 Å². The summed E-state index contributed by atoms with van der Waals surface area (Å²) in [7, 11) is 0. The molecule has 0 bridgehead atoms. The summed E-state index contributed by atoms with van der Waals surface area (Å²) in [5.74, 6) is -0.760. The van der Waals surface area contributed by atoms with Gasteiger partial charge in [0.2, 0.25) is 0 Å². The van der Waals surface area contributed by atoms with Crippen molar-refractivity contribution in [3.8, 4) is 0 Å². The molecular weight excluding hydrogens is 258 g/mol. The Hall–Kier alpha value is -0.200. The first kappa shape index (κ1) is 16.2. The number of piperidine rings is 1. The predicted octanol–water partition coefficient (Wildman–Crippen LogP) is 2.11. The Kier molecular flexibility index (Phi) is 4.48. The van der Waals surface area contributed by atoms with Crippen molar-refractivity contribution in [2.75, 3.05) is 6.61 Å². The third kappa shape index (κ3) is 2.20. The smallest absolute Gasteiger partial charge is 0.175 e. The fourth-order valence-electron chi connectivity index (χ4n) is 3.75. The third-order valence-corrected chi connectivity index (χ3v) is 5.37. The molecule has 5 nitrogen and oxygen atoms in total. The molecule has 2 fully saturated rings. The van der Waals surface area contributed by atoms with E-state index in [1.165, 1.54) is 0 Å². The van der Waals surface area contributed by atoms with Gasteiger partial charge in [0.05, 0.1) is 12.7 Å². The standard InChI is InChI=1S/C15H28NO4/c1-6-13-14(7-2,9-17)20-15(19-13)8-10(3)16(18)12(5)11(15)4/h10-13,17H,6-9H2,1-5H3. The Balaban J connectivity index is 2.32. The predicted molar refractivity (Wildman–Crippen MR) is 74.3 cm³/mol. The Labute approximate surface area is 121 Å². The summed E-state index contributed by atoms with van der Waals surface area (Å²) in [6.45, 7) is 9.87. The van der Waals surface area contributed by atoms with Gasteiger partial charge in [0.1, 0.15) is 5.60 Å². The van der Waals surface area contributed by atoms with Crippen LogP contribution in [-0.4, -0.2) is 46.4 Å². The maximum absolute atomic E-state index is 12.1. The number of ether oxygens (including phenoxy) is 2. The van der Waals surface area contributed by atoms with E-state index < -0.39 is 11.4 Å². The molecule has 0 aromatic heterocycles. The van der Waals surface area contributed by atoms with Crippen molar-refractivity contribution in [3.05, 3.63) is 0 Å². The molecule has 2 aliphatic rings. The molecule has 0 aromatic carbocycles. The van der Waals surface area contributed by atoms with Crippen LogP contribution < -0.4 is 0 Å². The van der Waals surface area contributed by atoms with Gasteiger partial charge < -0.3 is 14.6 Å². The fourth-order valence-corrected chi connectivity index (χ4v) is 3.75. The Bertz CT molecular complexity index is 347. The number of aliphatic hydroxyl groups is 1. The number of aliphatic hydroxyl groups excluding tert-OH is 1. The first-order valence-electron chi connectivity index (χ1n) is 7.80. The lowest BCUT2D eigenvalue weighted by atomic mass is 9.83. The zero-order valence-corrected chi connectivity index (χ0v) is 13.3. The second kappa shape index (κ2) is 5.54. The minimum atomic E-state index is -0.737. The molecule has 20 heavy (non-hydrogen) atoms. The van der Waals surface area contributed by atoms with Crippen LogP contribution in [0.25, 0.3) is 0 Å². The van der Waals surface area contributed by atoms with Crippen molar-refractivity contribution >= 4 is 0 Å². The van der Waals surface area contributed by atoms with Crippen LogP contribution in [0.2, 0.25) is 0 Å². The first-order chi connectivity index (χ1) is 9.35. The van der Waals surface area contributed by atoms with Gasteiger partial charge in [-0.3, -0.25) is 0 Å². The highest BCUT2D eigenvalue weighted by Gasteiger charge is 2.61. The largest absolute Gasteiger partial charge is 0.393 e. The van der Waals surface area contributed by atoms with Gasteiger partial charge >= 0.3 is 0 Å². The zero-order valence-electron chi connectivity index (χ0n) is 13.3. The average Bonchev–Trinajstić information content (AvgIpc) is 2.78. The van der Waals surface area contributed by atoms with Crippen molar-refractivity contribution in [1.29, 1.82) is 0 Å². The lowest BCUT2D eigenvalue weighted by molar-refractivity contribution is -0.323. The van der Waals surface area contributed by atoms with Crippen LogP contribution in [0.1, 0.15) is 53.9 Å². The molecule has 2 rings (SSSR count). The van der Waals surface area contributed by atoms with E-state index in [-0.39, 0.29) is 30.7 Å². The second-order valence-corrected chi connectivity index (χ2v) is 6.45. The van der Waals surface area contributed by atoms with Crippen molar-refractivity contribution < 1.29 is 19.8 Å². The molecule has 1 N–H and O–H groups in total. The molecule has 6 unspecified atom stereocenters. The van der Waals surface area contributed by atoms with E-state index in [0.717, 1.165) is 11.5 Å². The van der Waals surface area contributed by atoms with Crippen LogP contribution in [0.15, 0.2) is 0 Å². The minimum absolute atomic E-state index is 0.0229. The van der Waals surface area contributed by atoms with Crippen molar-refractivity contribution in [2.24, 2.45) is 5.92 Å². The number of nitrogens with zero attached hydrogens (tertiary/aromatic N) is 1. The van der Waals surface area contributed by atoms with Gasteiger partial charge in [-0.15, -0.1) is 10.3 Å². The minimum Gasteiger partial charge on any atom is -0.393 e. The summed E-state index contributed by atoms with van der Waals surface area (Å²) in [5.41, 5.74) is -0.631. The number of hydroxylamine groups is 2. The molecule has 0 aromatic rings. The SMILES string of the molecule is CCC1OC2(CC(C)N([O])C(C)C2C)OC1(CC)CO. The molecule has 0 aliphatic carbocycles. The van der Waals surface area contributed by atoms with Crippen molar-refractivity contribution in [2.45, 2.75) is 83.5 Å². The summed E-state index contributed by atoms with van der Waals surface area (Å²) in [4.78, 5) is 0. The van der Waals surface area contributed by atoms with Crippen molar-refractivity contribution in [3.63, 3.8) is 0 Å². The second-order valence-electron chi connectivity index (χ2n) is 6.45. The van der Waals surface area contributed by atoms with Crippen LogP contribution in [0.4, 0.5) is 0 Å². The summed E-state index contributed by atoms with van der Waals surface area (Å²) in [6.07, 6.45) is 1.95. The van der Waals surface area contributed by atoms with Crippen molar-refractivity contribution in [1.82, 2.24) is 5.06 Å². The third-order valence-electron chi connectivity index (χ3n) is 5.37. The van der Waals surface area contributed by atoms with Gasteiger partial charge in [0, 0.05) is 24.4 Å². The van der Waals surface area contributed by atoms with Gasteiger partial charge in [-0.1, -0.05) is 20.8 Å². The van der Waals surface area contributed by atoms with Gasteiger partial charge in [0.15, 0.2) is 5.79 Å². The maximum atomic E-state index is 12.1. The highest BCUT2D eigenvalue weighted by molar-refractivity contribution is 5.03. The summed E-state index contributed by atoms with van der Waals surface area (Å²) >= 11 is 0. The van der Waals surface area contributed by atoms with Crippen LogP contribution >= 0.6 is 0 Å². The lowest BCUT2D eigenvalue weighted by Gasteiger charge is -2.47. The first-order valence-corrected chi connectivity index (χ1v) is 7.80. The molecule has 1 spiro atoms. The molecule has 117 valence electrons. The molecule has 2 aliphatic heterocycles. The highest BCUT2D eigenvalue weighted by atomic mass is 16.8. The topological polar surface area (TPSA) is 61.8 Å². The van der Waals surface area contributed by atoms with Gasteiger partial charge in [0.25, 0.3) is 0 Å². The summed E-state index contributed by atoms with van der Waals surface area (Å²) in [5, 5.41) is 23.1. The monoisotopic (exact) mass is 286 g/mol. The number of rotatable bonds is 3. The molecule has 2 saturated heterocycles. The average molecular weight is 286 g/mol. The Morgan fingerprint density at radius 3 is 2.40 bits per heavy atom. The number of hydrogen-bond acceptors (Lipinski definition) is 4. The molecule has 1 radical (unpaired) electrons. The molecule has 2 heterocycles. The quantitative estimate of drug-likeness (QED) is 0.863. The van der Waals surface area contributed by atoms with E-state index in [2.05, 4.69) is 0 Å². The zero-order chi connectivity index (χ0) is 15.1. The van der Waals surface area contributed by atoms with Crippen LogP contribution in [0.3, 0.4) is 0 Å². The Morgan fingerprint density at radius 1 is 1.30 bits per heavy atom. The molecule has 5 heteroatoms. The van der Waals surface area contributed by atoms with Crippen LogP contribution in [0.5, 0.6) is 0 Å². The normalized spacial score (nSPS) is 50.0. The molecule has 6 atom stereocenters. The summed E-state index contributed by atoms with van der Waals surface area (Å²) in [6, 6.07) is -0.285. The molecular formula is C15H28NO4. The van der Waals surface area contributed by atoms with Gasteiger partial charge in [-0.05, 0) is 26.7 Å². The molecule has 0 saturated carbocycles. The summed E-state index contributed by atoms with van der Waals surface area (Å²) < 4.78 is 12.6. The Morgan fingerprint density at radius 2 is 1.95 bits per heavy atom. The maximum Gasteiger partial charge on any atom is 0.175 e. The fraction of sp³-hybridized carbons (Fsp3) is 1.00. The number of hydrogen-bond donors (Lipinski definition) is 1.